The summed E-state index contributed by atoms with van der Waals surface area (Å²) in [5.41, 5.74) is 1.47. The Balaban J connectivity index is 1.73. The molecule has 8 heteroatoms. The van der Waals surface area contributed by atoms with Crippen LogP contribution in [-0.2, 0) is 14.3 Å². The zero-order valence-electron chi connectivity index (χ0n) is 15.3. The standard InChI is InChI=1S/C18H25N5O3/c1-13(2)8-9-26-14(3)18(25)20-10-17(24)22-15-4-6-16(7-5-15)23-12-19-11-21-23/h4-7,11-14H,8-10H2,1-3H3,(H,20,25)(H,22,24). The lowest BCUT2D eigenvalue weighted by atomic mass is 10.1. The molecular formula is C18H25N5O3. The molecule has 1 aromatic heterocycles. The number of benzene rings is 1. The van der Waals surface area contributed by atoms with Gasteiger partial charge in [-0.25, -0.2) is 9.67 Å². The Morgan fingerprint density at radius 3 is 2.54 bits per heavy atom. The van der Waals surface area contributed by atoms with Gasteiger partial charge in [-0.05, 0) is 43.5 Å². The first-order valence-corrected chi connectivity index (χ1v) is 8.60. The fraction of sp³-hybridized carbons (Fsp3) is 0.444. The normalized spacial score (nSPS) is 12.0. The van der Waals surface area contributed by atoms with E-state index in [1.165, 1.54) is 6.33 Å². The van der Waals surface area contributed by atoms with Crippen LogP contribution in [0.2, 0.25) is 0 Å². The second-order valence-corrected chi connectivity index (χ2v) is 6.35. The van der Waals surface area contributed by atoms with Crippen molar-refractivity contribution in [3.8, 4) is 5.69 Å². The molecule has 2 rings (SSSR count). The SMILES string of the molecule is CC(C)CCOC(C)C(=O)NCC(=O)Nc1ccc(-n2cncn2)cc1. The molecule has 8 nitrogen and oxygen atoms in total. The molecular weight excluding hydrogens is 334 g/mol. The van der Waals surface area contributed by atoms with Crippen molar-refractivity contribution < 1.29 is 14.3 Å². The van der Waals surface area contributed by atoms with Gasteiger partial charge in [-0.2, -0.15) is 5.10 Å². The van der Waals surface area contributed by atoms with Crippen LogP contribution >= 0.6 is 0 Å². The van der Waals surface area contributed by atoms with E-state index in [1.54, 1.807) is 30.1 Å². The predicted octanol–water partition coefficient (Wildman–Crippen LogP) is 1.77. The van der Waals surface area contributed by atoms with Gasteiger partial charge in [0.15, 0.2) is 0 Å². The van der Waals surface area contributed by atoms with Crippen LogP contribution in [0, 0.1) is 5.92 Å². The van der Waals surface area contributed by atoms with Crippen LogP contribution in [0.5, 0.6) is 0 Å². The summed E-state index contributed by atoms with van der Waals surface area (Å²) in [4.78, 5) is 27.8. The van der Waals surface area contributed by atoms with Gasteiger partial charge in [-0.15, -0.1) is 0 Å². The smallest absolute Gasteiger partial charge is 0.249 e. The van der Waals surface area contributed by atoms with E-state index in [0.29, 0.717) is 18.2 Å². The van der Waals surface area contributed by atoms with Crippen molar-refractivity contribution >= 4 is 17.5 Å². The van der Waals surface area contributed by atoms with Crippen molar-refractivity contribution in [3.63, 3.8) is 0 Å². The Labute approximate surface area is 153 Å². The highest BCUT2D eigenvalue weighted by Crippen LogP contribution is 2.11. The van der Waals surface area contributed by atoms with Crippen molar-refractivity contribution in [2.24, 2.45) is 5.92 Å². The van der Waals surface area contributed by atoms with Crippen LogP contribution in [0.15, 0.2) is 36.9 Å². The van der Waals surface area contributed by atoms with Crippen LogP contribution in [0.4, 0.5) is 5.69 Å². The quantitative estimate of drug-likeness (QED) is 0.711. The molecule has 0 aliphatic carbocycles. The van der Waals surface area contributed by atoms with Gasteiger partial charge in [-0.1, -0.05) is 13.8 Å². The fourth-order valence-corrected chi connectivity index (χ4v) is 2.11. The number of amides is 2. The van der Waals surface area contributed by atoms with Crippen molar-refractivity contribution in [1.82, 2.24) is 20.1 Å². The Bertz CT molecular complexity index is 698. The number of aromatic nitrogens is 3. The van der Waals surface area contributed by atoms with E-state index in [1.807, 2.05) is 12.1 Å². The van der Waals surface area contributed by atoms with Crippen LogP contribution in [0.25, 0.3) is 5.69 Å². The predicted molar refractivity (Wildman–Crippen MR) is 97.9 cm³/mol. The number of rotatable bonds is 9. The molecule has 2 N–H and O–H groups in total. The molecule has 1 heterocycles. The summed E-state index contributed by atoms with van der Waals surface area (Å²) in [6.45, 7) is 6.28. The first kappa shape index (κ1) is 19.6. The molecule has 0 bridgehead atoms. The number of carbonyl (C=O) groups is 2. The van der Waals surface area contributed by atoms with Gasteiger partial charge in [0, 0.05) is 12.3 Å². The summed E-state index contributed by atoms with van der Waals surface area (Å²) in [5, 5.41) is 9.34. The maximum absolute atomic E-state index is 12.0. The van der Waals surface area contributed by atoms with Gasteiger partial charge in [0.1, 0.15) is 18.8 Å². The van der Waals surface area contributed by atoms with E-state index in [0.717, 1.165) is 12.1 Å². The lowest BCUT2D eigenvalue weighted by molar-refractivity contribution is -0.133. The van der Waals surface area contributed by atoms with E-state index in [9.17, 15) is 9.59 Å². The zero-order valence-corrected chi connectivity index (χ0v) is 15.3. The average molecular weight is 359 g/mol. The van der Waals surface area contributed by atoms with Crippen molar-refractivity contribution in [2.45, 2.75) is 33.3 Å². The first-order chi connectivity index (χ1) is 12.5. The molecule has 0 saturated heterocycles. The largest absolute Gasteiger partial charge is 0.369 e. The van der Waals surface area contributed by atoms with Gasteiger partial charge in [0.05, 0.1) is 12.2 Å². The molecule has 1 unspecified atom stereocenters. The summed E-state index contributed by atoms with van der Waals surface area (Å²) >= 11 is 0. The highest BCUT2D eigenvalue weighted by atomic mass is 16.5. The van der Waals surface area contributed by atoms with Crippen LogP contribution in [-0.4, -0.2) is 45.8 Å². The summed E-state index contributed by atoms with van der Waals surface area (Å²) in [6, 6.07) is 7.14. The summed E-state index contributed by atoms with van der Waals surface area (Å²) in [5.74, 6) is -0.0846. The van der Waals surface area contributed by atoms with E-state index in [4.69, 9.17) is 4.74 Å². The number of anilines is 1. The van der Waals surface area contributed by atoms with E-state index in [2.05, 4.69) is 34.6 Å². The highest BCUT2D eigenvalue weighted by Gasteiger charge is 2.14. The highest BCUT2D eigenvalue weighted by molar-refractivity contribution is 5.95. The Hall–Kier alpha value is -2.74. The van der Waals surface area contributed by atoms with Crippen molar-refractivity contribution in [2.75, 3.05) is 18.5 Å². The van der Waals surface area contributed by atoms with Crippen molar-refractivity contribution in [1.29, 1.82) is 0 Å². The molecule has 0 spiro atoms. The van der Waals surface area contributed by atoms with E-state index >= 15 is 0 Å². The second-order valence-electron chi connectivity index (χ2n) is 6.35. The first-order valence-electron chi connectivity index (χ1n) is 8.60. The fourth-order valence-electron chi connectivity index (χ4n) is 2.11. The molecule has 0 aliphatic rings. The maximum Gasteiger partial charge on any atom is 0.249 e. The van der Waals surface area contributed by atoms with Gasteiger partial charge in [0.25, 0.3) is 0 Å². The molecule has 0 fully saturated rings. The molecule has 0 aliphatic heterocycles. The number of hydrogen-bond acceptors (Lipinski definition) is 5. The Morgan fingerprint density at radius 2 is 1.92 bits per heavy atom. The minimum absolute atomic E-state index is 0.110. The van der Waals surface area contributed by atoms with Crippen LogP contribution in [0.1, 0.15) is 27.2 Å². The summed E-state index contributed by atoms with van der Waals surface area (Å²) in [6.07, 6.45) is 3.35. The molecule has 140 valence electrons. The monoisotopic (exact) mass is 359 g/mol. The number of ether oxygens (including phenoxy) is 1. The lowest BCUT2D eigenvalue weighted by Crippen LogP contribution is -2.39. The number of nitrogens with zero attached hydrogens (tertiary/aromatic N) is 3. The van der Waals surface area contributed by atoms with Gasteiger partial charge < -0.3 is 15.4 Å². The van der Waals surface area contributed by atoms with Crippen LogP contribution in [0.3, 0.4) is 0 Å². The third-order valence-corrected chi connectivity index (χ3v) is 3.69. The molecule has 2 aromatic rings. The summed E-state index contributed by atoms with van der Waals surface area (Å²) in [7, 11) is 0. The minimum atomic E-state index is -0.580. The molecule has 1 aromatic carbocycles. The topological polar surface area (TPSA) is 98.1 Å². The molecule has 1 atom stereocenters. The van der Waals surface area contributed by atoms with E-state index in [-0.39, 0.29) is 18.4 Å². The average Bonchev–Trinajstić information content (AvgIpc) is 3.14. The maximum atomic E-state index is 12.0. The summed E-state index contributed by atoms with van der Waals surface area (Å²) < 4.78 is 7.07. The number of carbonyl (C=O) groups excluding carboxylic acids is 2. The minimum Gasteiger partial charge on any atom is -0.369 e. The Morgan fingerprint density at radius 1 is 1.19 bits per heavy atom. The molecule has 0 saturated carbocycles. The van der Waals surface area contributed by atoms with Gasteiger partial charge >= 0.3 is 0 Å². The number of nitrogens with one attached hydrogen (secondary N) is 2. The lowest BCUT2D eigenvalue weighted by Gasteiger charge is -2.14. The number of hydrogen-bond donors (Lipinski definition) is 2. The second kappa shape index (κ2) is 9.67. The molecule has 26 heavy (non-hydrogen) atoms. The van der Waals surface area contributed by atoms with E-state index < -0.39 is 6.10 Å². The van der Waals surface area contributed by atoms with Gasteiger partial charge in [-0.3, -0.25) is 9.59 Å². The Kier molecular flexibility index (Phi) is 7.28. The van der Waals surface area contributed by atoms with Gasteiger partial charge in [0.2, 0.25) is 11.8 Å². The third kappa shape index (κ3) is 6.29. The zero-order chi connectivity index (χ0) is 18.9. The molecule has 0 radical (unpaired) electrons. The third-order valence-electron chi connectivity index (χ3n) is 3.69. The molecule has 2 amide bonds. The van der Waals surface area contributed by atoms with Crippen molar-refractivity contribution in [3.05, 3.63) is 36.9 Å². The van der Waals surface area contributed by atoms with Crippen LogP contribution < -0.4 is 10.6 Å².